The molecule has 3 rings (SSSR count). The molecule has 1 amide bonds. The number of rotatable bonds is 9. The molecule has 2 aromatic carbocycles. The molecule has 3 aromatic rings. The third-order valence-corrected chi connectivity index (χ3v) is 4.77. The van der Waals surface area contributed by atoms with Crippen molar-refractivity contribution in [2.75, 3.05) is 6.61 Å². The summed E-state index contributed by atoms with van der Waals surface area (Å²) in [6.07, 6.45) is 0. The minimum atomic E-state index is -1.04. The molecule has 0 aliphatic heterocycles. The van der Waals surface area contributed by atoms with E-state index in [1.807, 2.05) is 67.6 Å². The van der Waals surface area contributed by atoms with Gasteiger partial charge < -0.3 is 15.8 Å². The summed E-state index contributed by atoms with van der Waals surface area (Å²) in [6.45, 7) is 5.93. The minimum Gasteiger partial charge on any atom is -0.374 e. The van der Waals surface area contributed by atoms with E-state index < -0.39 is 11.6 Å². The Hall–Kier alpha value is -3.10. The normalized spacial score (nSPS) is 13.6. The average Bonchev–Trinajstić information content (AvgIpc) is 3.23. The van der Waals surface area contributed by atoms with Gasteiger partial charge in [-0.25, -0.2) is 4.68 Å². The van der Waals surface area contributed by atoms with Crippen molar-refractivity contribution in [3.63, 3.8) is 0 Å². The van der Waals surface area contributed by atoms with Gasteiger partial charge in [-0.05, 0) is 42.3 Å². The van der Waals surface area contributed by atoms with Crippen molar-refractivity contribution in [3.05, 3.63) is 77.6 Å². The number of carbonyl (C=O) groups is 1. The molecule has 0 aliphatic carbocycles. The number of ether oxygens (including phenoxy) is 1. The Kier molecular flexibility index (Phi) is 6.91. The smallest absolute Gasteiger partial charge is 0.240 e. The van der Waals surface area contributed by atoms with Crippen molar-refractivity contribution >= 4 is 5.91 Å². The van der Waals surface area contributed by atoms with Crippen LogP contribution in [-0.2, 0) is 16.1 Å². The third-order valence-electron chi connectivity index (χ3n) is 4.77. The Morgan fingerprint density at radius 3 is 2.40 bits per heavy atom. The predicted molar refractivity (Wildman–Crippen MR) is 113 cm³/mol. The van der Waals surface area contributed by atoms with Crippen LogP contribution in [0.5, 0.6) is 0 Å². The summed E-state index contributed by atoms with van der Waals surface area (Å²) in [7, 11) is 0. The molecule has 8 heteroatoms. The lowest BCUT2D eigenvalue weighted by Gasteiger charge is -2.25. The van der Waals surface area contributed by atoms with Gasteiger partial charge in [0.1, 0.15) is 6.04 Å². The number of nitrogens with one attached hydrogen (secondary N) is 1. The van der Waals surface area contributed by atoms with Gasteiger partial charge in [-0.15, -0.1) is 5.10 Å². The van der Waals surface area contributed by atoms with E-state index >= 15 is 0 Å². The van der Waals surface area contributed by atoms with Gasteiger partial charge in [0.15, 0.2) is 5.82 Å². The lowest BCUT2D eigenvalue weighted by Crippen LogP contribution is -2.51. The molecule has 1 aromatic heterocycles. The molecule has 158 valence electrons. The topological polar surface area (TPSA) is 108 Å². The highest BCUT2D eigenvalue weighted by molar-refractivity contribution is 5.85. The van der Waals surface area contributed by atoms with Crippen LogP contribution >= 0.6 is 0 Å². The fourth-order valence-corrected chi connectivity index (χ4v) is 2.97. The molecule has 2 atom stereocenters. The van der Waals surface area contributed by atoms with E-state index in [0.29, 0.717) is 12.4 Å². The minimum absolute atomic E-state index is 0.115. The number of tetrazole rings is 1. The van der Waals surface area contributed by atoms with E-state index in [1.165, 1.54) is 0 Å². The number of hydrogen-bond acceptors (Lipinski definition) is 6. The molecule has 0 bridgehead atoms. The second-order valence-electron chi connectivity index (χ2n) is 7.82. The van der Waals surface area contributed by atoms with Gasteiger partial charge in [-0.2, -0.15) is 0 Å². The Morgan fingerprint density at radius 2 is 1.77 bits per heavy atom. The highest BCUT2D eigenvalue weighted by Crippen LogP contribution is 2.21. The maximum atomic E-state index is 12.6. The molecule has 3 N–H and O–H groups in total. The molecular weight excluding hydrogens is 380 g/mol. The van der Waals surface area contributed by atoms with Crippen LogP contribution < -0.4 is 11.1 Å². The standard InChI is InChI=1S/C22H28N6O2/c1-16(18-12-8-5-9-13-18)28-20(25-26-27-28)19(24-21(29)22(2,3)23)15-30-14-17-10-6-4-7-11-17/h4-13,16,19H,14-15,23H2,1-3H3,(H,24,29)/t16?,19-/m1/s1. The number of hydrogen-bond donors (Lipinski definition) is 2. The molecule has 8 nitrogen and oxygen atoms in total. The number of nitrogens with zero attached hydrogens (tertiary/aromatic N) is 4. The second-order valence-corrected chi connectivity index (χ2v) is 7.82. The first kappa shape index (κ1) is 21.6. The molecule has 0 radical (unpaired) electrons. The highest BCUT2D eigenvalue weighted by Gasteiger charge is 2.29. The van der Waals surface area contributed by atoms with E-state index in [1.54, 1.807) is 18.5 Å². The summed E-state index contributed by atoms with van der Waals surface area (Å²) in [5.74, 6) is 0.203. The Labute approximate surface area is 176 Å². The van der Waals surface area contributed by atoms with E-state index in [2.05, 4.69) is 20.8 Å². The van der Waals surface area contributed by atoms with Crippen LogP contribution in [0.3, 0.4) is 0 Å². The van der Waals surface area contributed by atoms with Crippen molar-refractivity contribution in [2.45, 2.75) is 45.0 Å². The Bertz CT molecular complexity index is 937. The van der Waals surface area contributed by atoms with Crippen molar-refractivity contribution in [1.82, 2.24) is 25.5 Å². The van der Waals surface area contributed by atoms with Gasteiger partial charge in [0.2, 0.25) is 5.91 Å². The molecular formula is C22H28N6O2. The molecule has 1 unspecified atom stereocenters. The molecule has 0 aliphatic rings. The van der Waals surface area contributed by atoms with E-state index in [9.17, 15) is 4.79 Å². The number of nitrogens with two attached hydrogens (primary N) is 1. The van der Waals surface area contributed by atoms with Gasteiger partial charge in [0, 0.05) is 0 Å². The summed E-state index contributed by atoms with van der Waals surface area (Å²) >= 11 is 0. The van der Waals surface area contributed by atoms with Gasteiger partial charge in [-0.1, -0.05) is 60.7 Å². The quantitative estimate of drug-likeness (QED) is 0.563. The van der Waals surface area contributed by atoms with Crippen LogP contribution in [0.1, 0.15) is 49.8 Å². The molecule has 0 saturated heterocycles. The van der Waals surface area contributed by atoms with E-state index in [4.69, 9.17) is 10.5 Å². The predicted octanol–water partition coefficient (Wildman–Crippen LogP) is 2.39. The van der Waals surface area contributed by atoms with Crippen molar-refractivity contribution < 1.29 is 9.53 Å². The number of carbonyl (C=O) groups excluding carboxylic acids is 1. The lowest BCUT2D eigenvalue weighted by atomic mass is 10.1. The molecule has 0 spiro atoms. The van der Waals surface area contributed by atoms with E-state index in [0.717, 1.165) is 11.1 Å². The van der Waals surface area contributed by atoms with Gasteiger partial charge in [-0.3, -0.25) is 4.79 Å². The van der Waals surface area contributed by atoms with Crippen LogP contribution in [0.25, 0.3) is 0 Å². The summed E-state index contributed by atoms with van der Waals surface area (Å²) in [6, 6.07) is 19.1. The molecule has 0 fully saturated rings. The molecule has 1 heterocycles. The summed E-state index contributed by atoms with van der Waals surface area (Å²) in [5.41, 5.74) is 7.03. The second kappa shape index (κ2) is 9.60. The summed E-state index contributed by atoms with van der Waals surface area (Å²) in [4.78, 5) is 12.6. The van der Waals surface area contributed by atoms with Crippen molar-refractivity contribution in [2.24, 2.45) is 5.73 Å². The number of amides is 1. The van der Waals surface area contributed by atoms with Crippen LogP contribution in [-0.4, -0.2) is 38.3 Å². The van der Waals surface area contributed by atoms with E-state index in [-0.39, 0.29) is 18.6 Å². The number of benzene rings is 2. The fourth-order valence-electron chi connectivity index (χ4n) is 2.97. The Balaban J connectivity index is 1.81. The first-order chi connectivity index (χ1) is 14.4. The third kappa shape index (κ3) is 5.49. The van der Waals surface area contributed by atoms with Crippen LogP contribution in [0.4, 0.5) is 0 Å². The molecule has 0 saturated carbocycles. The maximum absolute atomic E-state index is 12.6. The van der Waals surface area contributed by atoms with Crippen molar-refractivity contribution in [3.8, 4) is 0 Å². The first-order valence-electron chi connectivity index (χ1n) is 9.90. The van der Waals surface area contributed by atoms with Crippen molar-refractivity contribution in [1.29, 1.82) is 0 Å². The fraction of sp³-hybridized carbons (Fsp3) is 0.364. The van der Waals surface area contributed by atoms with Gasteiger partial charge in [0.05, 0.1) is 24.8 Å². The van der Waals surface area contributed by atoms with Gasteiger partial charge in [0.25, 0.3) is 0 Å². The molecule has 30 heavy (non-hydrogen) atoms. The maximum Gasteiger partial charge on any atom is 0.240 e. The van der Waals surface area contributed by atoms with Crippen LogP contribution in [0.15, 0.2) is 60.7 Å². The SMILES string of the molecule is CC(c1ccccc1)n1nnnc1[C@@H](COCc1ccccc1)NC(=O)C(C)(C)N. The number of aromatic nitrogens is 4. The first-order valence-corrected chi connectivity index (χ1v) is 9.90. The Morgan fingerprint density at radius 1 is 1.13 bits per heavy atom. The largest absolute Gasteiger partial charge is 0.374 e. The highest BCUT2D eigenvalue weighted by atomic mass is 16.5. The van der Waals surface area contributed by atoms with Gasteiger partial charge >= 0.3 is 0 Å². The summed E-state index contributed by atoms with van der Waals surface area (Å²) in [5, 5.41) is 15.1. The van der Waals surface area contributed by atoms with Crippen LogP contribution in [0.2, 0.25) is 0 Å². The zero-order valence-electron chi connectivity index (χ0n) is 17.5. The van der Waals surface area contributed by atoms with Crippen LogP contribution in [0, 0.1) is 0 Å². The zero-order valence-corrected chi connectivity index (χ0v) is 17.5. The average molecular weight is 409 g/mol. The monoisotopic (exact) mass is 408 g/mol. The zero-order chi connectivity index (χ0) is 21.6. The lowest BCUT2D eigenvalue weighted by molar-refractivity contribution is -0.126. The summed E-state index contributed by atoms with van der Waals surface area (Å²) < 4.78 is 7.60.